The number of carbonyl (C=O) groups is 2. The first-order chi connectivity index (χ1) is 18.1. The molecule has 1 aromatic carbocycles. The molecule has 5 aliphatic rings. The molecule has 208 valence electrons. The summed E-state index contributed by atoms with van der Waals surface area (Å²) in [6.45, 7) is 6.30. The van der Waals surface area contributed by atoms with Crippen molar-refractivity contribution < 1.29 is 34.4 Å². The summed E-state index contributed by atoms with van der Waals surface area (Å²) in [7, 11) is 1.50. The van der Waals surface area contributed by atoms with E-state index in [0.29, 0.717) is 46.6 Å². The fourth-order valence-corrected chi connectivity index (χ4v) is 7.51. The third kappa shape index (κ3) is 4.28. The van der Waals surface area contributed by atoms with E-state index in [2.05, 4.69) is 19.2 Å². The van der Waals surface area contributed by atoms with Crippen molar-refractivity contribution in [3.8, 4) is 11.5 Å². The highest BCUT2D eigenvalue weighted by Crippen LogP contribution is 2.61. The molecule has 38 heavy (non-hydrogen) atoms. The van der Waals surface area contributed by atoms with E-state index in [0.717, 1.165) is 18.8 Å². The summed E-state index contributed by atoms with van der Waals surface area (Å²) in [6, 6.07) is 2.69. The van der Waals surface area contributed by atoms with Crippen LogP contribution in [0.25, 0.3) is 0 Å². The van der Waals surface area contributed by atoms with E-state index in [1.54, 1.807) is 23.1 Å². The van der Waals surface area contributed by atoms with Crippen LogP contribution in [-0.2, 0) is 16.2 Å². The van der Waals surface area contributed by atoms with E-state index in [4.69, 9.17) is 9.47 Å². The van der Waals surface area contributed by atoms with Crippen molar-refractivity contribution in [3.05, 3.63) is 34.9 Å². The molecule has 0 aromatic heterocycles. The number of nitrogens with one attached hydrogen (secondary N) is 1. The third-order valence-electron chi connectivity index (χ3n) is 9.69. The lowest BCUT2D eigenvalue weighted by Gasteiger charge is -2.61. The number of benzene rings is 1. The van der Waals surface area contributed by atoms with Crippen molar-refractivity contribution in [2.75, 3.05) is 26.8 Å². The van der Waals surface area contributed by atoms with Crippen LogP contribution in [0.2, 0.25) is 0 Å². The van der Waals surface area contributed by atoms with Gasteiger partial charge in [-0.2, -0.15) is 0 Å². The van der Waals surface area contributed by atoms with Crippen LogP contribution in [0.4, 0.5) is 0 Å². The Kier molecular flexibility index (Phi) is 7.22. The van der Waals surface area contributed by atoms with Crippen LogP contribution in [0, 0.1) is 23.2 Å². The van der Waals surface area contributed by atoms with Gasteiger partial charge in [-0.1, -0.05) is 13.8 Å². The lowest BCUT2D eigenvalue weighted by molar-refractivity contribution is -0.144. The van der Waals surface area contributed by atoms with E-state index in [-0.39, 0.29) is 37.0 Å². The molecule has 1 heterocycles. The fraction of sp³-hybridized carbons (Fsp3) is 0.655. The minimum absolute atomic E-state index is 0.0743. The number of fused-ring (bicyclic) bond motifs is 5. The van der Waals surface area contributed by atoms with Gasteiger partial charge in [-0.15, -0.1) is 0 Å². The van der Waals surface area contributed by atoms with Gasteiger partial charge >= 0.3 is 0 Å². The second-order valence-corrected chi connectivity index (χ2v) is 11.9. The third-order valence-corrected chi connectivity index (χ3v) is 9.69. The quantitative estimate of drug-likeness (QED) is 0.405. The molecule has 6 rings (SSSR count). The highest BCUT2D eigenvalue weighted by Gasteiger charge is 2.56. The van der Waals surface area contributed by atoms with Crippen molar-refractivity contribution in [1.82, 2.24) is 10.2 Å². The molecule has 1 aliphatic heterocycles. The Hall–Kier alpha value is -2.62. The van der Waals surface area contributed by atoms with Gasteiger partial charge < -0.3 is 35.0 Å². The van der Waals surface area contributed by atoms with Gasteiger partial charge in [-0.3, -0.25) is 9.59 Å². The Balaban J connectivity index is 1.52. The van der Waals surface area contributed by atoms with E-state index < -0.39 is 24.2 Å². The number of ether oxygens (including phenoxy) is 2. The van der Waals surface area contributed by atoms with Crippen LogP contribution in [0.3, 0.4) is 0 Å². The number of methoxy groups -OCH3 is 1. The fourth-order valence-electron chi connectivity index (χ4n) is 7.51. The molecule has 3 fully saturated rings. The molecule has 0 radical (unpaired) electrons. The van der Waals surface area contributed by atoms with Gasteiger partial charge in [-0.25, -0.2) is 0 Å². The van der Waals surface area contributed by atoms with Gasteiger partial charge in [0, 0.05) is 31.1 Å². The predicted octanol–water partition coefficient (Wildman–Crippen LogP) is 1.73. The lowest BCUT2D eigenvalue weighted by Crippen LogP contribution is -2.59. The summed E-state index contributed by atoms with van der Waals surface area (Å²) >= 11 is 0. The molecule has 1 aromatic rings. The molecule has 3 saturated carbocycles. The predicted molar refractivity (Wildman–Crippen MR) is 140 cm³/mol. The van der Waals surface area contributed by atoms with Gasteiger partial charge in [0.2, 0.25) is 11.8 Å². The first-order valence-electron chi connectivity index (χ1n) is 13.7. The zero-order valence-electron chi connectivity index (χ0n) is 22.6. The first kappa shape index (κ1) is 27.0. The normalized spacial score (nSPS) is 32.2. The largest absolute Gasteiger partial charge is 0.493 e. The molecule has 2 amide bonds. The Morgan fingerprint density at radius 3 is 2.61 bits per heavy atom. The van der Waals surface area contributed by atoms with E-state index in [9.17, 15) is 24.9 Å². The number of amides is 2. The van der Waals surface area contributed by atoms with Crippen LogP contribution < -0.4 is 14.8 Å². The Morgan fingerprint density at radius 2 is 2.00 bits per heavy atom. The van der Waals surface area contributed by atoms with Crippen molar-refractivity contribution in [2.24, 2.45) is 23.2 Å². The van der Waals surface area contributed by atoms with Crippen LogP contribution in [-0.4, -0.2) is 77.1 Å². The minimum Gasteiger partial charge on any atom is -0.493 e. The zero-order chi connectivity index (χ0) is 27.4. The Morgan fingerprint density at radius 1 is 1.24 bits per heavy atom. The van der Waals surface area contributed by atoms with Crippen LogP contribution in [0.5, 0.6) is 11.5 Å². The van der Waals surface area contributed by atoms with Crippen LogP contribution in [0.1, 0.15) is 57.1 Å². The molecular formula is C29H40N2O7. The lowest BCUT2D eigenvalue weighted by atomic mass is 9.45. The molecule has 9 nitrogen and oxygen atoms in total. The summed E-state index contributed by atoms with van der Waals surface area (Å²) in [5.41, 5.74) is 1.86. The number of nitrogens with zero attached hydrogens (tertiary/aromatic N) is 1. The maximum absolute atomic E-state index is 13.4. The van der Waals surface area contributed by atoms with E-state index >= 15 is 0 Å². The summed E-state index contributed by atoms with van der Waals surface area (Å²) in [6.07, 6.45) is 3.17. The molecule has 0 unspecified atom stereocenters. The minimum atomic E-state index is -1.08. The molecule has 9 heteroatoms. The monoisotopic (exact) mass is 528 g/mol. The Bertz CT molecular complexity index is 1130. The standard InChI is InChI=1S/C29H40N2O7/c1-15(34)31(13-17-5-6-18-11-21(17)29(18,2)3)22-12-20(28(36)30-7-8-32)24-19-9-16(14-33)10-23(37-4)26(19)38-27(24)25(22)35/h9-10,12,17-18,21-22,24-25,27,32-33,35H,5-8,11,13-14H2,1-4H3,(H,30,36)/t17-,18-,21-,22+,24-,25-,27-/m0/s1. The molecule has 2 bridgehead atoms. The highest BCUT2D eigenvalue weighted by molar-refractivity contribution is 5.96. The second-order valence-electron chi connectivity index (χ2n) is 11.9. The number of rotatable bonds is 8. The van der Waals surface area contributed by atoms with Crippen LogP contribution in [0.15, 0.2) is 23.8 Å². The zero-order valence-corrected chi connectivity index (χ0v) is 22.6. The molecule has 0 saturated heterocycles. The average Bonchev–Trinajstić information content (AvgIpc) is 3.30. The summed E-state index contributed by atoms with van der Waals surface area (Å²) in [4.78, 5) is 28.1. The molecular weight excluding hydrogens is 488 g/mol. The maximum atomic E-state index is 13.4. The average molecular weight is 529 g/mol. The number of aliphatic hydroxyl groups excluding tert-OH is 3. The van der Waals surface area contributed by atoms with Crippen molar-refractivity contribution in [1.29, 1.82) is 0 Å². The highest BCUT2D eigenvalue weighted by atomic mass is 16.5. The smallest absolute Gasteiger partial charge is 0.247 e. The van der Waals surface area contributed by atoms with Gasteiger partial charge in [0.1, 0.15) is 12.2 Å². The van der Waals surface area contributed by atoms with Crippen molar-refractivity contribution in [3.63, 3.8) is 0 Å². The number of carbonyl (C=O) groups excluding carboxylic acids is 2. The molecule has 4 aliphatic carbocycles. The summed E-state index contributed by atoms with van der Waals surface area (Å²) in [5.74, 6) is 1.26. The van der Waals surface area contributed by atoms with Gasteiger partial charge in [0.05, 0.1) is 32.3 Å². The number of hydrogen-bond donors (Lipinski definition) is 4. The van der Waals surface area contributed by atoms with E-state index in [1.807, 2.05) is 0 Å². The molecule has 0 spiro atoms. The Labute approximate surface area is 223 Å². The van der Waals surface area contributed by atoms with Gasteiger partial charge in [0.15, 0.2) is 11.5 Å². The number of aliphatic hydroxyl groups is 3. The SMILES string of the molecule is COc1cc(CO)cc2c1O[C@@H]1[C@@H](O)[C@H](N(C[C@@H]3CC[C@H]4C[C@@H]3C4(C)C)C(C)=O)C=C(C(=O)NCCO)[C@H]21. The second kappa shape index (κ2) is 10.2. The molecule has 4 N–H and O–H groups in total. The van der Waals surface area contributed by atoms with E-state index in [1.165, 1.54) is 20.5 Å². The van der Waals surface area contributed by atoms with Gasteiger partial charge in [0.25, 0.3) is 0 Å². The molecule has 7 atom stereocenters. The summed E-state index contributed by atoms with van der Waals surface area (Å²) < 4.78 is 11.8. The topological polar surface area (TPSA) is 129 Å². The van der Waals surface area contributed by atoms with Crippen LogP contribution >= 0.6 is 0 Å². The summed E-state index contributed by atoms with van der Waals surface area (Å²) in [5, 5.41) is 33.5. The maximum Gasteiger partial charge on any atom is 0.247 e. The van der Waals surface area contributed by atoms with Crippen molar-refractivity contribution >= 4 is 11.8 Å². The van der Waals surface area contributed by atoms with Crippen molar-refractivity contribution in [2.45, 2.75) is 70.8 Å². The number of hydrogen-bond acceptors (Lipinski definition) is 7. The van der Waals surface area contributed by atoms with Gasteiger partial charge in [-0.05, 0) is 66.2 Å². The first-order valence-corrected chi connectivity index (χ1v) is 13.7.